The molecule has 2 aromatic carbocycles. The Morgan fingerprint density at radius 2 is 1.63 bits per heavy atom. The lowest BCUT2D eigenvalue weighted by Crippen LogP contribution is -2.04. The number of nitrogens with one attached hydrogen (secondary N) is 1. The molecule has 0 aliphatic heterocycles. The molecule has 0 aliphatic carbocycles. The first kappa shape index (κ1) is 12.7. The number of rotatable bonds is 4. The number of anilines is 1. The van der Waals surface area contributed by atoms with Crippen molar-refractivity contribution in [3.8, 4) is 12.1 Å². The SMILES string of the molecule is N#Cc1ccc(NCCc2cccc(C#N)c2)cc1. The molecular formula is C16H13N3. The molecule has 0 aliphatic rings. The first-order chi connectivity index (χ1) is 9.31. The molecule has 2 rings (SSSR count). The van der Waals surface area contributed by atoms with E-state index in [-0.39, 0.29) is 0 Å². The van der Waals surface area contributed by atoms with Crippen LogP contribution in [0.3, 0.4) is 0 Å². The smallest absolute Gasteiger partial charge is 0.0991 e. The van der Waals surface area contributed by atoms with Gasteiger partial charge in [0.25, 0.3) is 0 Å². The van der Waals surface area contributed by atoms with Gasteiger partial charge < -0.3 is 5.32 Å². The van der Waals surface area contributed by atoms with Crippen LogP contribution < -0.4 is 5.32 Å². The molecule has 0 amide bonds. The monoisotopic (exact) mass is 247 g/mol. The summed E-state index contributed by atoms with van der Waals surface area (Å²) in [4.78, 5) is 0. The summed E-state index contributed by atoms with van der Waals surface area (Å²) in [5, 5.41) is 20.8. The van der Waals surface area contributed by atoms with Gasteiger partial charge >= 0.3 is 0 Å². The Morgan fingerprint density at radius 1 is 0.895 bits per heavy atom. The molecule has 0 saturated carbocycles. The Bertz CT molecular complexity index is 630. The van der Waals surface area contributed by atoms with Gasteiger partial charge in [-0.05, 0) is 48.4 Å². The molecule has 0 aromatic heterocycles. The van der Waals surface area contributed by atoms with Crippen molar-refractivity contribution in [3.05, 3.63) is 65.2 Å². The van der Waals surface area contributed by atoms with Crippen molar-refractivity contribution in [3.63, 3.8) is 0 Å². The third-order valence-corrected chi connectivity index (χ3v) is 2.81. The third kappa shape index (κ3) is 3.59. The number of hydrogen-bond donors (Lipinski definition) is 1. The molecule has 1 N–H and O–H groups in total. The first-order valence-corrected chi connectivity index (χ1v) is 6.05. The van der Waals surface area contributed by atoms with Gasteiger partial charge in [0.1, 0.15) is 0 Å². The average Bonchev–Trinajstić information content (AvgIpc) is 2.48. The maximum Gasteiger partial charge on any atom is 0.0991 e. The maximum absolute atomic E-state index is 8.82. The summed E-state index contributed by atoms with van der Waals surface area (Å²) in [5.41, 5.74) is 3.48. The van der Waals surface area contributed by atoms with Crippen LogP contribution in [0.4, 0.5) is 5.69 Å². The van der Waals surface area contributed by atoms with E-state index < -0.39 is 0 Å². The van der Waals surface area contributed by atoms with Crippen molar-refractivity contribution in [1.29, 1.82) is 10.5 Å². The largest absolute Gasteiger partial charge is 0.385 e. The van der Waals surface area contributed by atoms with Gasteiger partial charge in [0, 0.05) is 12.2 Å². The predicted molar refractivity (Wildman–Crippen MR) is 74.5 cm³/mol. The van der Waals surface area contributed by atoms with Crippen LogP contribution in [-0.4, -0.2) is 6.54 Å². The van der Waals surface area contributed by atoms with Gasteiger partial charge in [0.15, 0.2) is 0 Å². The van der Waals surface area contributed by atoms with E-state index in [0.29, 0.717) is 11.1 Å². The van der Waals surface area contributed by atoms with E-state index in [0.717, 1.165) is 24.2 Å². The third-order valence-electron chi connectivity index (χ3n) is 2.81. The molecule has 0 spiro atoms. The lowest BCUT2D eigenvalue weighted by Gasteiger charge is -2.06. The molecule has 0 fully saturated rings. The van der Waals surface area contributed by atoms with E-state index in [1.165, 1.54) is 0 Å². The quantitative estimate of drug-likeness (QED) is 0.903. The van der Waals surface area contributed by atoms with Gasteiger partial charge in [-0.2, -0.15) is 10.5 Å². The summed E-state index contributed by atoms with van der Waals surface area (Å²) in [7, 11) is 0. The predicted octanol–water partition coefficient (Wildman–Crippen LogP) is 3.08. The lowest BCUT2D eigenvalue weighted by molar-refractivity contribution is 1.02. The molecule has 19 heavy (non-hydrogen) atoms. The number of hydrogen-bond acceptors (Lipinski definition) is 3. The molecule has 0 atom stereocenters. The Hall–Kier alpha value is -2.78. The topological polar surface area (TPSA) is 59.6 Å². The summed E-state index contributed by atoms with van der Waals surface area (Å²) in [6.07, 6.45) is 0.857. The van der Waals surface area contributed by atoms with Crippen LogP contribution in [0.15, 0.2) is 48.5 Å². The summed E-state index contributed by atoms with van der Waals surface area (Å²) in [6.45, 7) is 0.792. The molecular weight excluding hydrogens is 234 g/mol. The molecule has 3 heteroatoms. The summed E-state index contributed by atoms with van der Waals surface area (Å²) < 4.78 is 0. The van der Waals surface area contributed by atoms with Crippen molar-refractivity contribution in [2.75, 3.05) is 11.9 Å². The minimum absolute atomic E-state index is 0.660. The molecule has 2 aromatic rings. The number of benzene rings is 2. The van der Waals surface area contributed by atoms with Gasteiger partial charge in [-0.15, -0.1) is 0 Å². The second-order valence-electron chi connectivity index (χ2n) is 4.18. The summed E-state index contributed by atoms with van der Waals surface area (Å²) in [5.74, 6) is 0. The van der Waals surface area contributed by atoms with Gasteiger partial charge in [0.2, 0.25) is 0 Å². The average molecular weight is 247 g/mol. The standard InChI is InChI=1S/C16H13N3/c17-11-14-4-6-16(7-5-14)19-9-8-13-2-1-3-15(10-13)12-18/h1-7,10,19H,8-9H2. The number of nitriles is 2. The summed E-state index contributed by atoms with van der Waals surface area (Å²) >= 11 is 0. The Labute approximate surface area is 112 Å². The van der Waals surface area contributed by atoms with E-state index in [2.05, 4.69) is 17.5 Å². The Kier molecular flexibility index (Phi) is 4.16. The molecule has 92 valence electrons. The van der Waals surface area contributed by atoms with Crippen molar-refractivity contribution in [2.24, 2.45) is 0 Å². The van der Waals surface area contributed by atoms with Crippen molar-refractivity contribution < 1.29 is 0 Å². The molecule has 0 radical (unpaired) electrons. The van der Waals surface area contributed by atoms with Crippen LogP contribution in [0.2, 0.25) is 0 Å². The number of nitrogens with zero attached hydrogens (tertiary/aromatic N) is 2. The van der Waals surface area contributed by atoms with Crippen LogP contribution in [0.5, 0.6) is 0 Å². The van der Waals surface area contributed by atoms with Gasteiger partial charge in [0.05, 0.1) is 23.3 Å². The zero-order valence-electron chi connectivity index (χ0n) is 10.4. The first-order valence-electron chi connectivity index (χ1n) is 6.05. The van der Waals surface area contributed by atoms with E-state index in [4.69, 9.17) is 10.5 Å². The molecule has 0 heterocycles. The van der Waals surface area contributed by atoms with E-state index in [1.807, 2.05) is 30.3 Å². The molecule has 0 unspecified atom stereocenters. The fourth-order valence-electron chi connectivity index (χ4n) is 1.81. The van der Waals surface area contributed by atoms with Crippen LogP contribution in [-0.2, 0) is 6.42 Å². The minimum atomic E-state index is 0.660. The van der Waals surface area contributed by atoms with Crippen molar-refractivity contribution in [2.45, 2.75) is 6.42 Å². The van der Waals surface area contributed by atoms with Gasteiger partial charge in [-0.3, -0.25) is 0 Å². The highest BCUT2D eigenvalue weighted by molar-refractivity contribution is 5.47. The Morgan fingerprint density at radius 3 is 2.32 bits per heavy atom. The van der Waals surface area contributed by atoms with Gasteiger partial charge in [-0.25, -0.2) is 0 Å². The maximum atomic E-state index is 8.82. The second kappa shape index (κ2) is 6.23. The highest BCUT2D eigenvalue weighted by atomic mass is 14.9. The zero-order valence-corrected chi connectivity index (χ0v) is 10.4. The van der Waals surface area contributed by atoms with E-state index in [9.17, 15) is 0 Å². The fraction of sp³-hybridized carbons (Fsp3) is 0.125. The normalized spacial score (nSPS) is 9.37. The Balaban J connectivity index is 1.89. The molecule has 0 bridgehead atoms. The van der Waals surface area contributed by atoms with Crippen LogP contribution >= 0.6 is 0 Å². The second-order valence-corrected chi connectivity index (χ2v) is 4.18. The van der Waals surface area contributed by atoms with Crippen LogP contribution in [0.1, 0.15) is 16.7 Å². The van der Waals surface area contributed by atoms with E-state index >= 15 is 0 Å². The van der Waals surface area contributed by atoms with Crippen LogP contribution in [0, 0.1) is 22.7 Å². The molecule has 3 nitrogen and oxygen atoms in total. The van der Waals surface area contributed by atoms with Crippen molar-refractivity contribution >= 4 is 5.69 Å². The van der Waals surface area contributed by atoms with Crippen LogP contribution in [0.25, 0.3) is 0 Å². The fourth-order valence-corrected chi connectivity index (χ4v) is 1.81. The van der Waals surface area contributed by atoms with E-state index in [1.54, 1.807) is 18.2 Å². The molecule has 0 saturated heterocycles. The van der Waals surface area contributed by atoms with Crippen molar-refractivity contribution in [1.82, 2.24) is 0 Å². The minimum Gasteiger partial charge on any atom is -0.385 e. The zero-order chi connectivity index (χ0) is 13.5. The highest BCUT2D eigenvalue weighted by Gasteiger charge is 1.96. The van der Waals surface area contributed by atoms with Gasteiger partial charge in [-0.1, -0.05) is 12.1 Å². The lowest BCUT2D eigenvalue weighted by atomic mass is 10.1. The highest BCUT2D eigenvalue weighted by Crippen LogP contribution is 2.10. The summed E-state index contributed by atoms with van der Waals surface area (Å²) in [6, 6.07) is 19.2.